The number of hydrogen-bond donors (Lipinski definition) is 3. The standard InChI is InChI=1S/C10H15N3O3S/c1-17-3-2-9(14)13-8(10(15)16)4-7-5-11-6-12-7/h5-6,8H,2-4H2,1H3,(H,11,12)(H,13,14)(H,15,16)/t8-/m1/s1. The van der Waals surface area contributed by atoms with Gasteiger partial charge in [-0.05, 0) is 6.26 Å². The number of rotatable bonds is 7. The zero-order valence-electron chi connectivity index (χ0n) is 9.47. The second-order valence-electron chi connectivity index (χ2n) is 3.48. The third-order valence-electron chi connectivity index (χ3n) is 2.15. The first kappa shape index (κ1) is 13.6. The van der Waals surface area contributed by atoms with E-state index in [9.17, 15) is 9.59 Å². The number of carboxylic acids is 1. The molecule has 0 bridgehead atoms. The first-order valence-corrected chi connectivity index (χ1v) is 6.51. The lowest BCUT2D eigenvalue weighted by Crippen LogP contribution is -2.42. The van der Waals surface area contributed by atoms with Crippen molar-refractivity contribution < 1.29 is 14.7 Å². The number of H-pyrrole nitrogens is 1. The average molecular weight is 257 g/mol. The lowest BCUT2D eigenvalue weighted by atomic mass is 10.1. The van der Waals surface area contributed by atoms with Crippen molar-refractivity contribution in [1.29, 1.82) is 0 Å². The smallest absolute Gasteiger partial charge is 0.326 e. The molecule has 0 unspecified atom stereocenters. The maximum absolute atomic E-state index is 11.4. The van der Waals surface area contributed by atoms with Gasteiger partial charge in [0, 0.05) is 30.5 Å². The van der Waals surface area contributed by atoms with E-state index in [0.717, 1.165) is 0 Å². The zero-order valence-corrected chi connectivity index (χ0v) is 10.3. The van der Waals surface area contributed by atoms with E-state index in [4.69, 9.17) is 5.11 Å². The van der Waals surface area contributed by atoms with Crippen LogP contribution in [0, 0.1) is 0 Å². The summed E-state index contributed by atoms with van der Waals surface area (Å²) in [7, 11) is 0. The molecule has 1 aromatic rings. The summed E-state index contributed by atoms with van der Waals surface area (Å²) in [4.78, 5) is 29.0. The lowest BCUT2D eigenvalue weighted by Gasteiger charge is -2.13. The highest BCUT2D eigenvalue weighted by Crippen LogP contribution is 2.01. The van der Waals surface area contributed by atoms with Gasteiger partial charge in [-0.15, -0.1) is 0 Å². The van der Waals surface area contributed by atoms with Gasteiger partial charge in [-0.3, -0.25) is 4.79 Å². The highest BCUT2D eigenvalue weighted by molar-refractivity contribution is 7.98. The molecule has 0 saturated carbocycles. The van der Waals surface area contributed by atoms with Crippen LogP contribution in [-0.4, -0.2) is 45.0 Å². The minimum Gasteiger partial charge on any atom is -0.480 e. The highest BCUT2D eigenvalue weighted by atomic mass is 32.2. The largest absolute Gasteiger partial charge is 0.480 e. The predicted octanol–water partition coefficient (Wildman–Crippen LogP) is 0.275. The molecule has 0 radical (unpaired) electrons. The molecule has 7 heteroatoms. The van der Waals surface area contributed by atoms with Crippen LogP contribution in [0.2, 0.25) is 0 Å². The number of aliphatic carboxylic acids is 1. The number of carboxylic acid groups (broad SMARTS) is 1. The molecular weight excluding hydrogens is 242 g/mol. The number of imidazole rings is 1. The van der Waals surface area contributed by atoms with Gasteiger partial charge in [-0.25, -0.2) is 9.78 Å². The van der Waals surface area contributed by atoms with E-state index in [1.54, 1.807) is 18.0 Å². The Kier molecular flexibility index (Phi) is 5.55. The van der Waals surface area contributed by atoms with Crippen LogP contribution < -0.4 is 5.32 Å². The van der Waals surface area contributed by atoms with Crippen molar-refractivity contribution in [2.24, 2.45) is 0 Å². The van der Waals surface area contributed by atoms with Crippen LogP contribution in [0.15, 0.2) is 12.5 Å². The molecule has 1 atom stereocenters. The molecule has 3 N–H and O–H groups in total. The molecule has 1 heterocycles. The molecule has 1 rings (SSSR count). The van der Waals surface area contributed by atoms with Crippen LogP contribution in [0.25, 0.3) is 0 Å². The van der Waals surface area contributed by atoms with E-state index >= 15 is 0 Å². The summed E-state index contributed by atoms with van der Waals surface area (Å²) < 4.78 is 0. The number of aromatic amines is 1. The molecule has 17 heavy (non-hydrogen) atoms. The third-order valence-corrected chi connectivity index (χ3v) is 2.76. The first-order valence-electron chi connectivity index (χ1n) is 5.12. The molecule has 0 aromatic carbocycles. The van der Waals surface area contributed by atoms with Crippen LogP contribution in [-0.2, 0) is 16.0 Å². The van der Waals surface area contributed by atoms with E-state index in [1.807, 2.05) is 6.26 Å². The van der Waals surface area contributed by atoms with Crippen LogP contribution in [0.1, 0.15) is 12.1 Å². The predicted molar refractivity (Wildman–Crippen MR) is 64.9 cm³/mol. The topological polar surface area (TPSA) is 95.1 Å². The van der Waals surface area contributed by atoms with Gasteiger partial charge in [-0.2, -0.15) is 11.8 Å². The number of carbonyl (C=O) groups is 2. The van der Waals surface area contributed by atoms with Crippen molar-refractivity contribution in [2.45, 2.75) is 18.9 Å². The van der Waals surface area contributed by atoms with Crippen LogP contribution in [0.3, 0.4) is 0 Å². The fourth-order valence-electron chi connectivity index (χ4n) is 1.28. The number of thioether (sulfide) groups is 1. The van der Waals surface area contributed by atoms with Crippen LogP contribution >= 0.6 is 11.8 Å². The zero-order chi connectivity index (χ0) is 12.7. The van der Waals surface area contributed by atoms with Crippen molar-refractivity contribution in [3.8, 4) is 0 Å². The van der Waals surface area contributed by atoms with Gasteiger partial charge < -0.3 is 15.4 Å². The van der Waals surface area contributed by atoms with Gasteiger partial charge in [0.25, 0.3) is 0 Å². The Morgan fingerprint density at radius 1 is 1.65 bits per heavy atom. The minimum absolute atomic E-state index is 0.209. The summed E-state index contributed by atoms with van der Waals surface area (Å²) in [5, 5.41) is 11.5. The number of amides is 1. The van der Waals surface area contributed by atoms with E-state index in [1.165, 1.54) is 6.33 Å². The molecule has 0 spiro atoms. The summed E-state index contributed by atoms with van der Waals surface area (Å²) in [5.74, 6) is -0.606. The molecule has 0 aliphatic rings. The molecule has 0 aliphatic heterocycles. The Balaban J connectivity index is 2.49. The number of nitrogens with one attached hydrogen (secondary N) is 2. The highest BCUT2D eigenvalue weighted by Gasteiger charge is 2.20. The molecule has 0 fully saturated rings. The van der Waals surface area contributed by atoms with Gasteiger partial charge in [0.15, 0.2) is 0 Å². The summed E-state index contributed by atoms with van der Waals surface area (Å²) in [6.07, 6.45) is 5.45. The molecule has 0 aliphatic carbocycles. The van der Waals surface area contributed by atoms with Crippen LogP contribution in [0.4, 0.5) is 0 Å². The number of carbonyl (C=O) groups excluding carboxylic acids is 1. The molecular formula is C10H15N3O3S. The molecule has 1 aromatic heterocycles. The Bertz CT molecular complexity index is 367. The fraction of sp³-hybridized carbons (Fsp3) is 0.500. The second-order valence-corrected chi connectivity index (χ2v) is 4.47. The van der Waals surface area contributed by atoms with Gasteiger partial charge in [0.05, 0.1) is 6.33 Å². The molecule has 94 valence electrons. The van der Waals surface area contributed by atoms with E-state index in [0.29, 0.717) is 17.9 Å². The summed E-state index contributed by atoms with van der Waals surface area (Å²) in [6, 6.07) is -0.912. The Morgan fingerprint density at radius 3 is 2.94 bits per heavy atom. The summed E-state index contributed by atoms with van der Waals surface area (Å²) in [6.45, 7) is 0. The quantitative estimate of drug-likeness (QED) is 0.652. The Hall–Kier alpha value is -1.50. The van der Waals surface area contributed by atoms with Gasteiger partial charge >= 0.3 is 5.97 Å². The minimum atomic E-state index is -1.04. The molecule has 1 amide bonds. The van der Waals surface area contributed by atoms with E-state index < -0.39 is 12.0 Å². The van der Waals surface area contributed by atoms with Gasteiger partial charge in [-0.1, -0.05) is 0 Å². The SMILES string of the molecule is CSCCC(=O)N[C@H](Cc1cnc[nH]1)C(=O)O. The lowest BCUT2D eigenvalue weighted by molar-refractivity contribution is -0.141. The number of hydrogen-bond acceptors (Lipinski definition) is 4. The van der Waals surface area contributed by atoms with Gasteiger partial charge in [0.1, 0.15) is 6.04 Å². The van der Waals surface area contributed by atoms with Crippen LogP contribution in [0.5, 0.6) is 0 Å². The first-order chi connectivity index (χ1) is 8.13. The normalized spacial score (nSPS) is 12.1. The third kappa shape index (κ3) is 4.90. The van der Waals surface area contributed by atoms with Gasteiger partial charge in [0.2, 0.25) is 5.91 Å². The van der Waals surface area contributed by atoms with Crippen molar-refractivity contribution in [3.05, 3.63) is 18.2 Å². The Labute approximate surface area is 103 Å². The summed E-state index contributed by atoms with van der Waals surface area (Å²) >= 11 is 1.55. The number of nitrogens with zero attached hydrogens (tertiary/aromatic N) is 1. The average Bonchev–Trinajstić information content (AvgIpc) is 2.78. The second kappa shape index (κ2) is 6.95. The van der Waals surface area contributed by atoms with Crippen molar-refractivity contribution >= 4 is 23.6 Å². The maximum atomic E-state index is 11.4. The number of aromatic nitrogens is 2. The van der Waals surface area contributed by atoms with E-state index in [2.05, 4.69) is 15.3 Å². The molecule has 0 saturated heterocycles. The Morgan fingerprint density at radius 2 is 2.41 bits per heavy atom. The summed E-state index contributed by atoms with van der Waals surface area (Å²) in [5.41, 5.74) is 0.683. The fourth-order valence-corrected chi connectivity index (χ4v) is 1.67. The van der Waals surface area contributed by atoms with Crippen molar-refractivity contribution in [3.63, 3.8) is 0 Å². The maximum Gasteiger partial charge on any atom is 0.326 e. The van der Waals surface area contributed by atoms with Crippen molar-refractivity contribution in [1.82, 2.24) is 15.3 Å². The monoisotopic (exact) mass is 257 g/mol. The molecule has 6 nitrogen and oxygen atoms in total. The van der Waals surface area contributed by atoms with Crippen molar-refractivity contribution in [2.75, 3.05) is 12.0 Å². The van der Waals surface area contributed by atoms with E-state index in [-0.39, 0.29) is 12.3 Å².